The van der Waals surface area contributed by atoms with Crippen LogP contribution in [0.3, 0.4) is 0 Å². The van der Waals surface area contributed by atoms with Crippen molar-refractivity contribution in [2.75, 3.05) is 22.9 Å². The number of fused-ring (bicyclic) bond motifs is 2. The minimum Gasteiger partial charge on any atom is -0.457 e. The largest absolute Gasteiger partial charge is 0.457 e. The second-order valence-electron chi connectivity index (χ2n) is 12.7. The van der Waals surface area contributed by atoms with Crippen molar-refractivity contribution in [3.8, 4) is 22.6 Å². The number of rotatable bonds is 5. The molecule has 5 aromatic rings. The van der Waals surface area contributed by atoms with Crippen LogP contribution in [0.25, 0.3) is 11.1 Å². The molecule has 0 N–H and O–H groups in total. The van der Waals surface area contributed by atoms with E-state index < -0.39 is 11.5 Å². The molecule has 0 bridgehead atoms. The molecule has 5 nitrogen and oxygen atoms in total. The molecule has 2 aliphatic heterocycles. The normalized spacial score (nSPS) is 16.2. The highest BCUT2D eigenvalue weighted by Gasteiger charge is 2.25. The first-order chi connectivity index (χ1) is 23.4. The molecular formula is C39H40N4O. The minimum atomic E-state index is -0.403. The minimum absolute atomic E-state index is 0.173. The Morgan fingerprint density at radius 3 is 1.95 bits per heavy atom. The summed E-state index contributed by atoms with van der Waals surface area (Å²) in [5.74, 6) is 3.18. The Morgan fingerprint density at radius 1 is 0.750 bits per heavy atom. The summed E-state index contributed by atoms with van der Waals surface area (Å²) in [4.78, 5) is 14.0. The SMILES string of the molecule is [2H]c1c([2H])c([2H])c(-c2cnc(N3CCCc4ccc(Oc5ccc6c(c5)N(c5cc(C)ccn5)CCC6)cc43)cc2C(C)(C)C)c([2H])c1[2H]. The summed E-state index contributed by atoms with van der Waals surface area (Å²) in [6.45, 7) is 9.95. The van der Waals surface area contributed by atoms with E-state index >= 15 is 0 Å². The standard InChI is InChI=1S/C39H40N4O/c1-27-18-19-40-37(22-27)42-20-8-12-29-14-16-31(23-35(29)42)44-32-17-15-30-13-9-21-43(36(30)24-32)38-25-34(39(2,3)4)33(26-41-38)28-10-6-5-7-11-28/h5-7,10-11,14-19,22-26H,8-9,12-13,20-21H2,1-4H3/i5D,6D,7D,10D,11D. The summed E-state index contributed by atoms with van der Waals surface area (Å²) in [5.41, 5.74) is 6.99. The molecule has 4 heterocycles. The van der Waals surface area contributed by atoms with Crippen LogP contribution in [-0.2, 0) is 18.3 Å². The van der Waals surface area contributed by atoms with Crippen molar-refractivity contribution in [3.05, 3.63) is 119 Å². The summed E-state index contributed by atoms with van der Waals surface area (Å²) in [6, 6.07) is 17.1. The fourth-order valence-electron chi connectivity index (χ4n) is 6.31. The van der Waals surface area contributed by atoms with Gasteiger partial charge in [-0.3, -0.25) is 0 Å². The molecule has 44 heavy (non-hydrogen) atoms. The van der Waals surface area contributed by atoms with E-state index in [0.29, 0.717) is 5.56 Å². The van der Waals surface area contributed by atoms with E-state index in [1.54, 1.807) is 6.20 Å². The number of aromatic nitrogens is 2. The van der Waals surface area contributed by atoms with E-state index in [-0.39, 0.29) is 29.7 Å². The molecule has 0 radical (unpaired) electrons. The van der Waals surface area contributed by atoms with Crippen molar-refractivity contribution in [1.82, 2.24) is 9.97 Å². The Bertz CT molecular complexity index is 2060. The fraction of sp³-hybridized carbons (Fsp3) is 0.282. The van der Waals surface area contributed by atoms with E-state index in [4.69, 9.17) is 16.6 Å². The summed E-state index contributed by atoms with van der Waals surface area (Å²) >= 11 is 0. The predicted octanol–water partition coefficient (Wildman–Crippen LogP) is 9.71. The van der Waals surface area contributed by atoms with Gasteiger partial charge in [0.15, 0.2) is 0 Å². The van der Waals surface area contributed by atoms with Gasteiger partial charge in [0, 0.05) is 54.6 Å². The van der Waals surface area contributed by atoms with E-state index in [1.165, 1.54) is 16.7 Å². The number of aryl methyl sites for hydroxylation is 3. The molecule has 0 saturated carbocycles. The predicted molar refractivity (Wildman–Crippen MR) is 181 cm³/mol. The van der Waals surface area contributed by atoms with Crippen LogP contribution in [0.2, 0.25) is 0 Å². The fourth-order valence-corrected chi connectivity index (χ4v) is 6.31. The number of anilines is 4. The maximum Gasteiger partial charge on any atom is 0.133 e. The Kier molecular flexibility index (Phi) is 5.95. The summed E-state index contributed by atoms with van der Waals surface area (Å²) in [5, 5.41) is 0. The van der Waals surface area contributed by atoms with Crippen LogP contribution >= 0.6 is 0 Å². The van der Waals surface area contributed by atoms with Crippen molar-refractivity contribution < 1.29 is 11.6 Å². The maximum absolute atomic E-state index is 8.62. The number of hydrogen-bond acceptors (Lipinski definition) is 5. The lowest BCUT2D eigenvalue weighted by Gasteiger charge is -2.33. The first-order valence-corrected chi connectivity index (χ1v) is 15.4. The van der Waals surface area contributed by atoms with Crippen molar-refractivity contribution in [2.45, 2.75) is 58.8 Å². The Balaban J connectivity index is 1.24. The second-order valence-corrected chi connectivity index (χ2v) is 12.7. The van der Waals surface area contributed by atoms with Crippen LogP contribution in [0.1, 0.15) is 62.7 Å². The molecule has 2 aliphatic rings. The zero-order valence-corrected chi connectivity index (χ0v) is 25.8. The third kappa shape index (κ3) is 5.55. The zero-order chi connectivity index (χ0) is 34.6. The van der Waals surface area contributed by atoms with Gasteiger partial charge < -0.3 is 14.5 Å². The lowest BCUT2D eigenvalue weighted by atomic mass is 9.82. The quantitative estimate of drug-likeness (QED) is 0.205. The highest BCUT2D eigenvalue weighted by atomic mass is 16.5. The highest BCUT2D eigenvalue weighted by Crippen LogP contribution is 2.41. The smallest absolute Gasteiger partial charge is 0.133 e. The van der Waals surface area contributed by atoms with Gasteiger partial charge in [-0.1, -0.05) is 63.1 Å². The molecule has 0 aliphatic carbocycles. The van der Waals surface area contributed by atoms with Gasteiger partial charge in [-0.2, -0.15) is 0 Å². The van der Waals surface area contributed by atoms with Crippen LogP contribution in [-0.4, -0.2) is 23.1 Å². The maximum atomic E-state index is 8.62. The molecule has 0 saturated heterocycles. The number of benzene rings is 3. The molecule has 0 atom stereocenters. The molecule has 2 aromatic heterocycles. The molecule has 3 aromatic carbocycles. The van der Waals surface area contributed by atoms with Crippen molar-refractivity contribution in [3.63, 3.8) is 0 Å². The Morgan fingerprint density at radius 2 is 1.36 bits per heavy atom. The number of hydrogen-bond donors (Lipinski definition) is 0. The molecule has 0 unspecified atom stereocenters. The van der Waals surface area contributed by atoms with Crippen LogP contribution < -0.4 is 14.5 Å². The molecule has 5 heteroatoms. The Hall–Kier alpha value is -4.64. The summed E-state index contributed by atoms with van der Waals surface area (Å²) in [6.07, 6.45) is 7.51. The van der Waals surface area contributed by atoms with Crippen molar-refractivity contribution in [2.24, 2.45) is 0 Å². The highest BCUT2D eigenvalue weighted by molar-refractivity contribution is 5.74. The monoisotopic (exact) mass is 585 g/mol. The zero-order valence-electron chi connectivity index (χ0n) is 30.8. The van der Waals surface area contributed by atoms with Gasteiger partial charge in [-0.05, 0) is 96.2 Å². The third-order valence-electron chi connectivity index (χ3n) is 8.51. The van der Waals surface area contributed by atoms with Gasteiger partial charge in [0.25, 0.3) is 0 Å². The van der Waals surface area contributed by atoms with Gasteiger partial charge >= 0.3 is 0 Å². The first-order valence-electron chi connectivity index (χ1n) is 17.9. The third-order valence-corrected chi connectivity index (χ3v) is 8.51. The summed E-state index contributed by atoms with van der Waals surface area (Å²) < 4.78 is 48.3. The lowest BCUT2D eigenvalue weighted by Crippen LogP contribution is -2.26. The van der Waals surface area contributed by atoms with Crippen molar-refractivity contribution in [1.29, 1.82) is 0 Å². The molecular weight excluding hydrogens is 540 g/mol. The average molecular weight is 586 g/mol. The van der Waals surface area contributed by atoms with Crippen LogP contribution in [0, 0.1) is 6.92 Å². The average Bonchev–Trinajstić information content (AvgIpc) is 3.09. The van der Waals surface area contributed by atoms with Gasteiger partial charge in [-0.25, -0.2) is 9.97 Å². The number of pyridine rings is 2. The summed E-state index contributed by atoms with van der Waals surface area (Å²) in [7, 11) is 0. The van der Waals surface area contributed by atoms with Gasteiger partial charge in [0.1, 0.15) is 23.1 Å². The molecule has 0 fully saturated rings. The second kappa shape index (κ2) is 11.5. The van der Waals surface area contributed by atoms with Gasteiger partial charge in [0.05, 0.1) is 6.85 Å². The van der Waals surface area contributed by atoms with Crippen LogP contribution in [0.5, 0.6) is 11.5 Å². The van der Waals surface area contributed by atoms with Crippen LogP contribution in [0.4, 0.5) is 23.0 Å². The first kappa shape index (κ1) is 22.8. The Labute approximate surface area is 268 Å². The molecule has 7 rings (SSSR count). The van der Waals surface area contributed by atoms with Crippen LogP contribution in [0.15, 0.2) is 97.2 Å². The number of ether oxygens (including phenoxy) is 1. The number of nitrogens with zero attached hydrogens (tertiary/aromatic N) is 4. The topological polar surface area (TPSA) is 41.5 Å². The van der Waals surface area contributed by atoms with Gasteiger partial charge in [0.2, 0.25) is 0 Å². The molecule has 222 valence electrons. The molecule has 0 amide bonds. The molecule has 0 spiro atoms. The van der Waals surface area contributed by atoms with E-state index in [1.807, 2.05) is 30.5 Å². The van der Waals surface area contributed by atoms with E-state index in [0.717, 1.165) is 78.8 Å². The van der Waals surface area contributed by atoms with Crippen molar-refractivity contribution >= 4 is 23.0 Å². The van der Waals surface area contributed by atoms with E-state index in [9.17, 15) is 0 Å². The van der Waals surface area contributed by atoms with Gasteiger partial charge in [-0.15, -0.1) is 0 Å². The van der Waals surface area contributed by atoms with E-state index in [2.05, 4.69) is 72.8 Å². The lowest BCUT2D eigenvalue weighted by molar-refractivity contribution is 0.481.